The van der Waals surface area contributed by atoms with Gasteiger partial charge in [0.1, 0.15) is 0 Å². The molecule has 0 aliphatic heterocycles. The highest BCUT2D eigenvalue weighted by molar-refractivity contribution is 7.89. The lowest BCUT2D eigenvalue weighted by Crippen LogP contribution is -2.29. The Morgan fingerprint density at radius 2 is 1.68 bits per heavy atom. The highest BCUT2D eigenvalue weighted by Gasteiger charge is 2.19. The fourth-order valence-corrected chi connectivity index (χ4v) is 2.92. The zero-order chi connectivity index (χ0) is 13.7. The minimum absolute atomic E-state index is 0.326. The van der Waals surface area contributed by atoms with Gasteiger partial charge in [0.25, 0.3) is 0 Å². The van der Waals surface area contributed by atoms with Crippen molar-refractivity contribution in [3.63, 3.8) is 0 Å². The summed E-state index contributed by atoms with van der Waals surface area (Å²) in [4.78, 5) is 4.26. The van der Waals surface area contributed by atoms with Gasteiger partial charge < -0.3 is 0 Å². The van der Waals surface area contributed by atoms with Crippen LogP contribution in [0.3, 0.4) is 0 Å². The topological polar surface area (TPSA) is 50.3 Å². The summed E-state index contributed by atoms with van der Waals surface area (Å²) >= 11 is 0. The van der Waals surface area contributed by atoms with Crippen LogP contribution >= 0.6 is 0 Å². The van der Waals surface area contributed by atoms with Gasteiger partial charge in [-0.3, -0.25) is 4.98 Å². The second-order valence-corrected chi connectivity index (χ2v) is 6.29. The summed E-state index contributed by atoms with van der Waals surface area (Å²) in [5.74, 6) is 0. The third-order valence-corrected chi connectivity index (χ3v) is 4.79. The lowest BCUT2D eigenvalue weighted by Gasteiger charge is -2.17. The lowest BCUT2D eigenvalue weighted by atomic mass is 10.2. The first-order chi connectivity index (χ1) is 9.10. The molecule has 0 saturated carbocycles. The monoisotopic (exact) mass is 276 g/mol. The van der Waals surface area contributed by atoms with Crippen LogP contribution in [-0.2, 0) is 16.4 Å². The smallest absolute Gasteiger partial charge is 0.242 e. The van der Waals surface area contributed by atoms with Crippen molar-refractivity contribution in [3.8, 4) is 0 Å². The van der Waals surface area contributed by atoms with E-state index in [1.165, 1.54) is 4.31 Å². The van der Waals surface area contributed by atoms with E-state index in [0.29, 0.717) is 17.9 Å². The molecule has 0 aliphatic carbocycles. The Morgan fingerprint density at radius 1 is 1.05 bits per heavy atom. The fourth-order valence-electron chi connectivity index (χ4n) is 1.73. The van der Waals surface area contributed by atoms with Crippen molar-refractivity contribution in [1.82, 2.24) is 9.29 Å². The number of aromatic nitrogens is 1. The van der Waals surface area contributed by atoms with E-state index in [1.807, 2.05) is 12.1 Å². The molecule has 1 aromatic carbocycles. The van der Waals surface area contributed by atoms with Gasteiger partial charge in [0.15, 0.2) is 0 Å². The summed E-state index contributed by atoms with van der Waals surface area (Å²) in [6.45, 7) is 0.446. The van der Waals surface area contributed by atoms with Crippen LogP contribution in [-0.4, -0.2) is 31.3 Å². The number of benzene rings is 1. The number of hydrogen-bond donors (Lipinski definition) is 0. The summed E-state index contributed by atoms with van der Waals surface area (Å²) in [6.07, 6.45) is 4.09. The van der Waals surface area contributed by atoms with Gasteiger partial charge in [-0.15, -0.1) is 0 Å². The van der Waals surface area contributed by atoms with Gasteiger partial charge in [0.2, 0.25) is 10.0 Å². The number of likely N-dealkylation sites (N-methyl/N-ethyl adjacent to an activating group) is 1. The maximum Gasteiger partial charge on any atom is 0.242 e. The zero-order valence-electron chi connectivity index (χ0n) is 10.7. The molecule has 0 fully saturated rings. The molecule has 0 amide bonds. The number of hydrogen-bond acceptors (Lipinski definition) is 3. The van der Waals surface area contributed by atoms with Gasteiger partial charge in [-0.25, -0.2) is 12.7 Å². The van der Waals surface area contributed by atoms with Gasteiger partial charge in [0.05, 0.1) is 4.90 Å². The van der Waals surface area contributed by atoms with Crippen molar-refractivity contribution in [3.05, 3.63) is 60.4 Å². The molecule has 0 saturated heterocycles. The molecule has 1 heterocycles. The summed E-state index contributed by atoms with van der Waals surface area (Å²) in [5.41, 5.74) is 1.07. The molecule has 0 bridgehead atoms. The summed E-state index contributed by atoms with van der Waals surface area (Å²) in [6, 6.07) is 12.3. The number of rotatable bonds is 5. The molecule has 0 aliphatic rings. The van der Waals surface area contributed by atoms with Crippen LogP contribution < -0.4 is 0 Å². The molecule has 0 unspecified atom stereocenters. The van der Waals surface area contributed by atoms with E-state index in [0.717, 1.165) is 5.56 Å². The lowest BCUT2D eigenvalue weighted by molar-refractivity contribution is 0.472. The minimum Gasteiger partial charge on any atom is -0.265 e. The Bertz CT molecular complexity index is 612. The summed E-state index contributed by atoms with van der Waals surface area (Å²) < 4.78 is 25.9. The predicted octanol–water partition coefficient (Wildman–Crippen LogP) is 1.94. The van der Waals surface area contributed by atoms with Crippen molar-refractivity contribution >= 4 is 10.0 Å². The van der Waals surface area contributed by atoms with Crippen LogP contribution in [0, 0.1) is 0 Å². The van der Waals surface area contributed by atoms with Crippen molar-refractivity contribution in [2.24, 2.45) is 0 Å². The van der Waals surface area contributed by atoms with E-state index in [-0.39, 0.29) is 0 Å². The van der Waals surface area contributed by atoms with Gasteiger partial charge in [-0.1, -0.05) is 18.2 Å². The predicted molar refractivity (Wildman–Crippen MR) is 74.2 cm³/mol. The maximum atomic E-state index is 12.3. The van der Waals surface area contributed by atoms with Crippen LogP contribution in [0.4, 0.5) is 0 Å². The average Bonchev–Trinajstić information content (AvgIpc) is 2.46. The quantitative estimate of drug-likeness (QED) is 0.838. The normalized spacial score (nSPS) is 11.7. The fraction of sp³-hybridized carbons (Fsp3) is 0.214. The molecule has 2 aromatic rings. The molecule has 0 radical (unpaired) electrons. The molecule has 5 heteroatoms. The molecule has 0 spiro atoms. The molecule has 4 nitrogen and oxygen atoms in total. The van der Waals surface area contributed by atoms with E-state index < -0.39 is 10.0 Å². The standard InChI is InChI=1S/C14H16N2O2S/c1-16(12-9-13-7-10-15-11-8-13)19(17,18)14-5-3-2-4-6-14/h2-8,10-11H,9,12H2,1H3. The number of nitrogens with zero attached hydrogens (tertiary/aromatic N) is 2. The van der Waals surface area contributed by atoms with Crippen molar-refractivity contribution in [2.75, 3.05) is 13.6 Å². The average molecular weight is 276 g/mol. The van der Waals surface area contributed by atoms with E-state index >= 15 is 0 Å². The van der Waals surface area contributed by atoms with Crippen LogP contribution in [0.5, 0.6) is 0 Å². The van der Waals surface area contributed by atoms with Gasteiger partial charge in [0, 0.05) is 26.0 Å². The molecular formula is C14H16N2O2S. The van der Waals surface area contributed by atoms with Gasteiger partial charge in [-0.2, -0.15) is 0 Å². The Labute approximate surface area is 113 Å². The minimum atomic E-state index is -3.39. The van der Waals surface area contributed by atoms with Crippen LogP contribution in [0.25, 0.3) is 0 Å². The highest BCUT2D eigenvalue weighted by Crippen LogP contribution is 2.13. The van der Waals surface area contributed by atoms with Crippen molar-refractivity contribution in [1.29, 1.82) is 0 Å². The van der Waals surface area contributed by atoms with Crippen molar-refractivity contribution < 1.29 is 8.42 Å². The summed E-state index contributed by atoms with van der Waals surface area (Å²) in [5, 5.41) is 0. The van der Waals surface area contributed by atoms with Crippen LogP contribution in [0.15, 0.2) is 59.8 Å². The molecule has 0 N–H and O–H groups in total. The van der Waals surface area contributed by atoms with E-state index in [4.69, 9.17) is 0 Å². The summed E-state index contributed by atoms with van der Waals surface area (Å²) in [7, 11) is -1.79. The Morgan fingerprint density at radius 3 is 2.32 bits per heavy atom. The largest absolute Gasteiger partial charge is 0.265 e. The maximum absolute atomic E-state index is 12.3. The van der Waals surface area contributed by atoms with Gasteiger partial charge in [-0.05, 0) is 36.2 Å². The van der Waals surface area contributed by atoms with Gasteiger partial charge >= 0.3 is 0 Å². The third-order valence-electron chi connectivity index (χ3n) is 2.92. The van der Waals surface area contributed by atoms with E-state index in [2.05, 4.69) is 4.98 Å². The number of pyridine rings is 1. The molecular weight excluding hydrogens is 260 g/mol. The molecule has 1 aromatic heterocycles. The molecule has 100 valence electrons. The van der Waals surface area contributed by atoms with Crippen molar-refractivity contribution in [2.45, 2.75) is 11.3 Å². The first-order valence-corrected chi connectivity index (χ1v) is 7.45. The third kappa shape index (κ3) is 3.39. The SMILES string of the molecule is CN(CCc1ccncc1)S(=O)(=O)c1ccccc1. The Balaban J connectivity index is 2.06. The first-order valence-electron chi connectivity index (χ1n) is 6.01. The number of sulfonamides is 1. The Hall–Kier alpha value is -1.72. The first kappa shape index (κ1) is 13.7. The molecule has 0 atom stereocenters. The van der Waals surface area contributed by atoms with Crippen LogP contribution in [0.2, 0.25) is 0 Å². The molecule has 19 heavy (non-hydrogen) atoms. The molecule has 2 rings (SSSR count). The highest BCUT2D eigenvalue weighted by atomic mass is 32.2. The van der Waals surface area contributed by atoms with E-state index in [1.54, 1.807) is 49.8 Å². The second kappa shape index (κ2) is 5.95. The second-order valence-electron chi connectivity index (χ2n) is 4.25. The zero-order valence-corrected chi connectivity index (χ0v) is 11.5. The van der Waals surface area contributed by atoms with E-state index in [9.17, 15) is 8.42 Å². The van der Waals surface area contributed by atoms with Crippen LogP contribution in [0.1, 0.15) is 5.56 Å². The Kier molecular flexibility index (Phi) is 4.29.